The molecular formula is C46H94O8Si4. The summed E-state index contributed by atoms with van der Waals surface area (Å²) in [7, 11) is -10.5. The molecule has 0 atom stereocenters. The van der Waals surface area contributed by atoms with E-state index in [9.17, 15) is 0 Å². The third-order valence-corrected chi connectivity index (χ3v) is 16.1. The van der Waals surface area contributed by atoms with Crippen LogP contribution in [-0.4, -0.2) is 90.0 Å². The van der Waals surface area contributed by atoms with Crippen LogP contribution in [0.15, 0.2) is 12.1 Å². The first-order chi connectivity index (χ1) is 25.7. The molecule has 0 bridgehead atoms. The summed E-state index contributed by atoms with van der Waals surface area (Å²) >= 11 is 0. The van der Waals surface area contributed by atoms with Gasteiger partial charge < -0.3 is 35.4 Å². The van der Waals surface area contributed by atoms with Crippen LogP contribution in [0.25, 0.3) is 0 Å². The molecule has 0 saturated carbocycles. The number of rotatable bonds is 20. The second-order valence-electron chi connectivity index (χ2n) is 26.4. The smallest absolute Gasteiger partial charge is 0.355 e. The van der Waals surface area contributed by atoms with Gasteiger partial charge in [0.25, 0.3) is 0 Å². The molecule has 1 rings (SSSR count). The first-order valence-corrected chi connectivity index (χ1v) is 27.9. The van der Waals surface area contributed by atoms with Gasteiger partial charge in [0.15, 0.2) is 0 Å². The number of hydrogen-bond donors (Lipinski definition) is 0. The summed E-state index contributed by atoms with van der Waals surface area (Å²) in [4.78, 5) is 0. The predicted octanol–water partition coefficient (Wildman–Crippen LogP) is 7.90. The average molecular weight is 888 g/mol. The molecule has 1 aromatic carbocycles. The second kappa shape index (κ2) is 21.9. The van der Waals surface area contributed by atoms with Gasteiger partial charge in [0, 0.05) is 52.9 Å². The van der Waals surface area contributed by atoms with Crippen molar-refractivity contribution in [1.29, 1.82) is 0 Å². The molecule has 0 saturated heterocycles. The van der Waals surface area contributed by atoms with Crippen LogP contribution in [0.1, 0.15) is 166 Å². The Kier molecular flexibility index (Phi) is 21.1. The van der Waals surface area contributed by atoms with Crippen LogP contribution in [0.3, 0.4) is 0 Å². The molecular weight excluding hydrogens is 793 g/mol. The number of benzene rings is 1. The lowest BCUT2D eigenvalue weighted by atomic mass is 9.99. The fraction of sp³-hybridized carbons (Fsp3) is 0.870. The van der Waals surface area contributed by atoms with E-state index in [1.807, 2.05) is 0 Å². The van der Waals surface area contributed by atoms with Crippen LogP contribution in [0.4, 0.5) is 0 Å². The molecule has 0 spiro atoms. The lowest BCUT2D eigenvalue weighted by molar-refractivity contribution is 0.116. The maximum absolute atomic E-state index is 7.03. The van der Waals surface area contributed by atoms with Gasteiger partial charge in [-0.3, -0.25) is 0 Å². The Bertz CT molecular complexity index is 1070. The molecule has 0 radical (unpaired) electrons. The molecule has 12 heteroatoms. The van der Waals surface area contributed by atoms with Crippen molar-refractivity contribution in [3.05, 3.63) is 12.1 Å². The largest absolute Gasteiger partial charge is 0.393 e. The lowest BCUT2D eigenvalue weighted by Crippen LogP contribution is -2.63. The van der Waals surface area contributed by atoms with Crippen LogP contribution < -0.4 is 20.7 Å². The zero-order valence-corrected chi connectivity index (χ0v) is 47.0. The maximum Gasteiger partial charge on any atom is 0.355 e. The van der Waals surface area contributed by atoms with Gasteiger partial charge >= 0.3 is 37.1 Å². The zero-order valence-electron chi connectivity index (χ0n) is 42.4. The van der Waals surface area contributed by atoms with Gasteiger partial charge in [0.1, 0.15) is 0 Å². The van der Waals surface area contributed by atoms with Gasteiger partial charge in [-0.2, -0.15) is 0 Å². The van der Waals surface area contributed by atoms with Crippen LogP contribution in [0, 0.1) is 43.3 Å². The van der Waals surface area contributed by atoms with Crippen LogP contribution in [0.2, 0.25) is 0 Å². The van der Waals surface area contributed by atoms with E-state index in [4.69, 9.17) is 35.4 Å². The van der Waals surface area contributed by atoms with E-state index in [0.29, 0.717) is 52.9 Å². The summed E-state index contributed by atoms with van der Waals surface area (Å²) in [5.74, 6) is 0. The Morgan fingerprint density at radius 3 is 0.431 bits per heavy atom. The van der Waals surface area contributed by atoms with Gasteiger partial charge in [0.2, 0.25) is 0 Å². The van der Waals surface area contributed by atoms with Crippen molar-refractivity contribution in [1.82, 2.24) is 0 Å². The van der Waals surface area contributed by atoms with Crippen molar-refractivity contribution < 1.29 is 35.4 Å². The normalized spacial score (nSPS) is 14.6. The van der Waals surface area contributed by atoms with Crippen molar-refractivity contribution in [2.45, 2.75) is 166 Å². The van der Waals surface area contributed by atoms with Gasteiger partial charge in [-0.05, 0) is 64.1 Å². The Morgan fingerprint density at radius 2 is 0.345 bits per heavy atom. The van der Waals surface area contributed by atoms with Gasteiger partial charge in [-0.1, -0.05) is 178 Å². The monoisotopic (exact) mass is 887 g/mol. The molecule has 0 unspecified atom stereocenters. The van der Waals surface area contributed by atoms with Crippen molar-refractivity contribution in [3.63, 3.8) is 0 Å². The SMILES string of the molecule is CC(C)(C)CO[SiH](OCC(C)(C)C)c1cc([SiH](OCC(C)(C)C)OCC(C)(C)C)c([SiH](OCC(C)(C)C)OCC(C)(C)C)cc1[SiH](OCC(C)(C)C)OCC(C)(C)C. The Balaban J connectivity index is 4.62. The molecule has 0 aromatic heterocycles. The standard InChI is InChI=1S/C46H94O8Si4/c1-39(2,3)27-47-55(48-28-40(4,5)6)35-25-37(57(51-31-43(13,14)15)52-32-44(16,17)18)38(58(53-33-45(19,20)21)54-34-46(22,23)24)26-36(35)56(49-29-41(7,8)9)50-30-42(10,11)12/h25-26,55-58H,27-34H2,1-24H3. The van der Waals surface area contributed by atoms with Crippen molar-refractivity contribution in [2.24, 2.45) is 43.3 Å². The Hall–Kier alpha value is -0.232. The molecule has 0 aliphatic carbocycles. The second-order valence-corrected chi connectivity index (χ2v) is 34.2. The summed E-state index contributed by atoms with van der Waals surface area (Å²) in [6, 6.07) is 4.66. The van der Waals surface area contributed by atoms with E-state index in [1.54, 1.807) is 0 Å². The van der Waals surface area contributed by atoms with Gasteiger partial charge in [-0.15, -0.1) is 0 Å². The minimum Gasteiger partial charge on any atom is -0.393 e. The highest BCUT2D eigenvalue weighted by Crippen LogP contribution is 2.22. The zero-order chi connectivity index (χ0) is 45.3. The Labute approximate surface area is 366 Å². The van der Waals surface area contributed by atoms with Crippen LogP contribution in [0.5, 0.6) is 0 Å². The van der Waals surface area contributed by atoms with Gasteiger partial charge in [-0.25, -0.2) is 0 Å². The maximum atomic E-state index is 7.03. The molecule has 58 heavy (non-hydrogen) atoms. The van der Waals surface area contributed by atoms with Crippen LogP contribution in [-0.2, 0) is 35.4 Å². The summed E-state index contributed by atoms with van der Waals surface area (Å²) in [6.45, 7) is 57.7. The summed E-state index contributed by atoms with van der Waals surface area (Å²) < 4.78 is 56.2. The molecule has 0 amide bonds. The fourth-order valence-electron chi connectivity index (χ4n) is 5.00. The average Bonchev–Trinajstić information content (AvgIpc) is 2.97. The minimum absolute atomic E-state index is 0.0654. The molecule has 0 N–H and O–H groups in total. The van der Waals surface area contributed by atoms with E-state index < -0.39 is 37.1 Å². The third kappa shape index (κ3) is 26.3. The molecule has 8 nitrogen and oxygen atoms in total. The van der Waals surface area contributed by atoms with Crippen LogP contribution >= 0.6 is 0 Å². The Morgan fingerprint density at radius 1 is 0.241 bits per heavy atom. The van der Waals surface area contributed by atoms with Crippen molar-refractivity contribution in [2.75, 3.05) is 52.9 Å². The highest BCUT2D eigenvalue weighted by atomic mass is 28.3. The number of hydrogen-bond acceptors (Lipinski definition) is 8. The molecule has 0 heterocycles. The fourth-order valence-corrected chi connectivity index (χ4v) is 16.7. The molecule has 0 aliphatic heterocycles. The predicted molar refractivity (Wildman–Crippen MR) is 257 cm³/mol. The van der Waals surface area contributed by atoms with Crippen molar-refractivity contribution in [3.8, 4) is 0 Å². The minimum atomic E-state index is -2.62. The van der Waals surface area contributed by atoms with E-state index in [0.717, 1.165) is 20.7 Å². The first kappa shape index (κ1) is 55.8. The van der Waals surface area contributed by atoms with E-state index in [1.165, 1.54) is 0 Å². The highest BCUT2D eigenvalue weighted by Gasteiger charge is 2.39. The first-order valence-electron chi connectivity index (χ1n) is 21.8. The molecule has 0 fully saturated rings. The summed E-state index contributed by atoms with van der Waals surface area (Å²) in [5, 5.41) is 4.23. The quantitative estimate of drug-likeness (QED) is 0.123. The topological polar surface area (TPSA) is 73.8 Å². The van der Waals surface area contributed by atoms with Crippen molar-refractivity contribution >= 4 is 57.9 Å². The lowest BCUT2D eigenvalue weighted by Gasteiger charge is -2.34. The molecule has 0 aliphatic rings. The summed E-state index contributed by atoms with van der Waals surface area (Å²) in [5.41, 5.74) is -0.523. The van der Waals surface area contributed by atoms with Gasteiger partial charge in [0.05, 0.1) is 0 Å². The highest BCUT2D eigenvalue weighted by molar-refractivity contribution is 6.79. The van der Waals surface area contributed by atoms with E-state index >= 15 is 0 Å². The van der Waals surface area contributed by atoms with E-state index in [2.05, 4.69) is 178 Å². The van der Waals surface area contributed by atoms with E-state index in [-0.39, 0.29) is 43.3 Å². The molecule has 1 aromatic rings. The molecule has 342 valence electrons. The third-order valence-electron chi connectivity index (χ3n) is 7.65. The summed E-state index contributed by atoms with van der Waals surface area (Å²) in [6.07, 6.45) is 0.